The van der Waals surface area contributed by atoms with Crippen LogP contribution in [0.25, 0.3) is 0 Å². The summed E-state index contributed by atoms with van der Waals surface area (Å²) in [6.07, 6.45) is 0.928. The molecule has 0 atom stereocenters. The van der Waals surface area contributed by atoms with Gasteiger partial charge in [-0.05, 0) is 36.6 Å². The molecule has 1 aromatic carbocycles. The van der Waals surface area contributed by atoms with E-state index in [0.29, 0.717) is 12.4 Å². The van der Waals surface area contributed by atoms with E-state index >= 15 is 0 Å². The molecule has 3 heterocycles. The number of benzene rings is 1. The van der Waals surface area contributed by atoms with Crippen LogP contribution in [-0.4, -0.2) is 35.7 Å². The molecule has 6 nitrogen and oxygen atoms in total. The average Bonchev–Trinajstić information content (AvgIpc) is 3.25. The summed E-state index contributed by atoms with van der Waals surface area (Å²) in [6, 6.07) is 5.87. The summed E-state index contributed by atoms with van der Waals surface area (Å²) in [7, 11) is 0. The van der Waals surface area contributed by atoms with Gasteiger partial charge in [0.05, 0.1) is 12.3 Å². The minimum atomic E-state index is -0.373. The lowest BCUT2D eigenvalue weighted by atomic mass is 10.1. The van der Waals surface area contributed by atoms with Gasteiger partial charge in [0.25, 0.3) is 0 Å². The smallest absolute Gasteiger partial charge is 0.344 e. The summed E-state index contributed by atoms with van der Waals surface area (Å²) in [4.78, 5) is 22.5. The van der Waals surface area contributed by atoms with Crippen molar-refractivity contribution in [2.45, 2.75) is 24.9 Å². The predicted octanol–water partition coefficient (Wildman–Crippen LogP) is 3.51. The Bertz CT molecular complexity index is 862. The quantitative estimate of drug-likeness (QED) is 0.570. The number of hydrogen-bond donors (Lipinski definition) is 0. The van der Waals surface area contributed by atoms with Crippen molar-refractivity contribution in [1.82, 2.24) is 9.97 Å². The van der Waals surface area contributed by atoms with E-state index in [1.807, 2.05) is 30.0 Å². The lowest BCUT2D eigenvalue weighted by Gasteiger charge is -2.21. The number of carbonyl (C=O) groups is 1. The Labute approximate surface area is 160 Å². The summed E-state index contributed by atoms with van der Waals surface area (Å²) >= 11 is 7.97. The van der Waals surface area contributed by atoms with E-state index in [0.717, 1.165) is 47.2 Å². The van der Waals surface area contributed by atoms with Crippen LogP contribution in [0, 0.1) is 0 Å². The first-order chi connectivity index (χ1) is 12.7. The highest BCUT2D eigenvalue weighted by atomic mass is 35.5. The fourth-order valence-electron chi connectivity index (χ4n) is 3.24. The van der Waals surface area contributed by atoms with Crippen molar-refractivity contribution >= 4 is 40.8 Å². The Hall–Kier alpha value is -1.99. The van der Waals surface area contributed by atoms with Gasteiger partial charge in [-0.2, -0.15) is 16.7 Å². The fraction of sp³-hybridized carbons (Fsp3) is 0.389. The molecule has 8 heteroatoms. The molecule has 0 saturated heterocycles. The predicted molar refractivity (Wildman–Crippen MR) is 101 cm³/mol. The molecule has 2 aromatic rings. The molecule has 0 saturated carbocycles. The number of fused-ring (bicyclic) bond motifs is 2. The van der Waals surface area contributed by atoms with Crippen molar-refractivity contribution in [1.29, 1.82) is 0 Å². The van der Waals surface area contributed by atoms with Crippen molar-refractivity contribution < 1.29 is 14.3 Å². The Kier molecular flexibility index (Phi) is 4.91. The van der Waals surface area contributed by atoms with Crippen LogP contribution in [0.2, 0.25) is 5.28 Å². The first-order valence-corrected chi connectivity index (χ1v) is 10.0. The van der Waals surface area contributed by atoms with E-state index in [2.05, 4.69) is 14.9 Å². The Balaban J connectivity index is 1.62. The molecule has 2 aliphatic rings. The van der Waals surface area contributed by atoms with E-state index in [4.69, 9.17) is 21.1 Å². The maximum Gasteiger partial charge on any atom is 0.344 e. The molecule has 136 valence electrons. The van der Waals surface area contributed by atoms with E-state index in [1.54, 1.807) is 6.92 Å². The second-order valence-corrected chi connectivity index (χ2v) is 7.34. The Morgan fingerprint density at radius 3 is 3.08 bits per heavy atom. The number of anilines is 2. The van der Waals surface area contributed by atoms with Gasteiger partial charge in [0.15, 0.2) is 6.61 Å². The first kappa shape index (κ1) is 17.4. The first-order valence-electron chi connectivity index (χ1n) is 8.47. The van der Waals surface area contributed by atoms with E-state index in [9.17, 15) is 4.79 Å². The molecule has 0 spiro atoms. The lowest BCUT2D eigenvalue weighted by molar-refractivity contribution is -0.145. The summed E-state index contributed by atoms with van der Waals surface area (Å²) in [5, 5.41) is 0.282. The molecule has 0 fully saturated rings. The molecular formula is C18H18ClN3O3S. The fourth-order valence-corrected chi connectivity index (χ4v) is 4.46. The van der Waals surface area contributed by atoms with Gasteiger partial charge in [-0.1, -0.05) is 6.07 Å². The SMILES string of the molecule is CCOC(=O)COc1ccc2c(c1)N(c1nc(Cl)nc3c1CSC3)CC2. The second-order valence-electron chi connectivity index (χ2n) is 6.02. The summed E-state index contributed by atoms with van der Waals surface area (Å²) in [5.41, 5.74) is 4.45. The van der Waals surface area contributed by atoms with Crippen molar-refractivity contribution in [3.63, 3.8) is 0 Å². The van der Waals surface area contributed by atoms with Gasteiger partial charge < -0.3 is 14.4 Å². The number of rotatable bonds is 5. The third-order valence-corrected chi connectivity index (χ3v) is 5.54. The van der Waals surface area contributed by atoms with E-state index in [-0.39, 0.29) is 17.9 Å². The normalized spacial score (nSPS) is 14.9. The van der Waals surface area contributed by atoms with Gasteiger partial charge in [-0.15, -0.1) is 0 Å². The number of aromatic nitrogens is 2. The number of esters is 1. The minimum absolute atomic E-state index is 0.0992. The van der Waals surface area contributed by atoms with Crippen LogP contribution in [0.3, 0.4) is 0 Å². The van der Waals surface area contributed by atoms with Gasteiger partial charge in [0.2, 0.25) is 5.28 Å². The van der Waals surface area contributed by atoms with Crippen molar-refractivity contribution in [3.05, 3.63) is 40.3 Å². The second kappa shape index (κ2) is 7.32. The Morgan fingerprint density at radius 2 is 2.23 bits per heavy atom. The van der Waals surface area contributed by atoms with Gasteiger partial charge in [-0.3, -0.25) is 0 Å². The number of hydrogen-bond acceptors (Lipinski definition) is 7. The van der Waals surface area contributed by atoms with Gasteiger partial charge in [-0.25, -0.2) is 9.78 Å². The summed E-state index contributed by atoms with van der Waals surface area (Å²) in [6.45, 7) is 2.85. The number of nitrogens with zero attached hydrogens (tertiary/aromatic N) is 3. The number of halogens is 1. The highest BCUT2D eigenvalue weighted by Gasteiger charge is 2.28. The zero-order chi connectivity index (χ0) is 18.1. The molecule has 1 aromatic heterocycles. The zero-order valence-corrected chi connectivity index (χ0v) is 15.9. The lowest BCUT2D eigenvalue weighted by Crippen LogP contribution is -2.18. The molecular weight excluding hydrogens is 374 g/mol. The molecule has 2 aliphatic heterocycles. The van der Waals surface area contributed by atoms with Crippen molar-refractivity contribution in [2.75, 3.05) is 24.7 Å². The number of ether oxygens (including phenoxy) is 2. The van der Waals surface area contributed by atoms with Gasteiger partial charge in [0.1, 0.15) is 11.6 Å². The van der Waals surface area contributed by atoms with Gasteiger partial charge >= 0.3 is 5.97 Å². The van der Waals surface area contributed by atoms with Crippen molar-refractivity contribution in [2.24, 2.45) is 0 Å². The van der Waals surface area contributed by atoms with Crippen LogP contribution in [-0.2, 0) is 27.5 Å². The molecule has 0 bridgehead atoms. The van der Waals surface area contributed by atoms with Crippen molar-refractivity contribution in [3.8, 4) is 5.75 Å². The summed E-state index contributed by atoms with van der Waals surface area (Å²) < 4.78 is 10.5. The Morgan fingerprint density at radius 1 is 1.35 bits per heavy atom. The molecule has 4 rings (SSSR count). The third-order valence-electron chi connectivity index (χ3n) is 4.40. The third kappa shape index (κ3) is 3.33. The molecule has 0 N–H and O–H groups in total. The highest BCUT2D eigenvalue weighted by Crippen LogP contribution is 2.42. The largest absolute Gasteiger partial charge is 0.482 e. The highest BCUT2D eigenvalue weighted by molar-refractivity contribution is 7.98. The molecule has 0 unspecified atom stereocenters. The average molecular weight is 392 g/mol. The standard InChI is InChI=1S/C18H18ClN3O3S/c1-2-24-16(23)8-25-12-4-3-11-5-6-22(15(11)7-12)17-13-9-26-10-14(13)20-18(19)21-17/h3-4,7H,2,5-6,8-10H2,1H3. The zero-order valence-electron chi connectivity index (χ0n) is 14.3. The maximum absolute atomic E-state index is 11.5. The molecule has 0 amide bonds. The van der Waals surface area contributed by atoms with Gasteiger partial charge in [0, 0.05) is 35.4 Å². The number of thioether (sulfide) groups is 1. The van der Waals surface area contributed by atoms with Crippen LogP contribution >= 0.6 is 23.4 Å². The maximum atomic E-state index is 11.5. The van der Waals surface area contributed by atoms with Crippen LogP contribution in [0.15, 0.2) is 18.2 Å². The van der Waals surface area contributed by atoms with E-state index in [1.165, 1.54) is 5.56 Å². The van der Waals surface area contributed by atoms with E-state index < -0.39 is 0 Å². The monoisotopic (exact) mass is 391 g/mol. The molecule has 0 aliphatic carbocycles. The number of carbonyl (C=O) groups excluding carboxylic acids is 1. The van der Waals surface area contributed by atoms with Crippen LogP contribution < -0.4 is 9.64 Å². The van der Waals surface area contributed by atoms with Crippen LogP contribution in [0.1, 0.15) is 23.7 Å². The topological polar surface area (TPSA) is 64.6 Å². The minimum Gasteiger partial charge on any atom is -0.482 e. The molecule has 0 radical (unpaired) electrons. The van der Waals surface area contributed by atoms with Crippen LogP contribution in [0.5, 0.6) is 5.75 Å². The molecule has 26 heavy (non-hydrogen) atoms. The summed E-state index contributed by atoms with van der Waals surface area (Å²) in [5.74, 6) is 2.91. The van der Waals surface area contributed by atoms with Crippen LogP contribution in [0.4, 0.5) is 11.5 Å².